The normalized spacial score (nSPS) is 10.4. The molecule has 2 rings (SSSR count). The van der Waals surface area contributed by atoms with Crippen molar-refractivity contribution in [2.24, 2.45) is 0 Å². The number of hydrogen-bond donors (Lipinski definition) is 2. The lowest BCUT2D eigenvalue weighted by atomic mass is 10.2. The van der Waals surface area contributed by atoms with Crippen LogP contribution in [0.15, 0.2) is 42.5 Å². The molecule has 0 bridgehead atoms. The highest BCUT2D eigenvalue weighted by Gasteiger charge is 2.14. The first-order chi connectivity index (χ1) is 13.4. The highest BCUT2D eigenvalue weighted by atomic mass is 35.5. The molecular formula is C20H20Cl2N4O2. The predicted molar refractivity (Wildman–Crippen MR) is 112 cm³/mol. The Morgan fingerprint density at radius 2 is 1.71 bits per heavy atom. The summed E-state index contributed by atoms with van der Waals surface area (Å²) in [6, 6.07) is 13.8. The van der Waals surface area contributed by atoms with Crippen LogP contribution in [0.5, 0.6) is 0 Å². The molecule has 0 radical (unpaired) electrons. The quantitative estimate of drug-likeness (QED) is 0.673. The highest BCUT2D eigenvalue weighted by Crippen LogP contribution is 2.29. The van der Waals surface area contributed by atoms with Gasteiger partial charge in [-0.15, -0.1) is 0 Å². The van der Waals surface area contributed by atoms with Crippen molar-refractivity contribution in [3.05, 3.63) is 58.1 Å². The molecule has 6 nitrogen and oxygen atoms in total. The molecule has 0 saturated heterocycles. The molecule has 0 atom stereocenters. The Hall–Kier alpha value is -2.59. The minimum absolute atomic E-state index is 0.0973. The van der Waals surface area contributed by atoms with Gasteiger partial charge in [0.2, 0.25) is 11.8 Å². The van der Waals surface area contributed by atoms with Crippen LogP contribution in [-0.2, 0) is 9.59 Å². The summed E-state index contributed by atoms with van der Waals surface area (Å²) in [6.45, 7) is 2.98. The topological polar surface area (TPSA) is 85.2 Å². The second kappa shape index (κ2) is 10.7. The number of nitriles is 1. The smallest absolute Gasteiger partial charge is 0.238 e. The second-order valence-corrected chi connectivity index (χ2v) is 6.78. The predicted octanol–water partition coefficient (Wildman–Crippen LogP) is 4.15. The van der Waals surface area contributed by atoms with Gasteiger partial charge < -0.3 is 10.6 Å². The Balaban J connectivity index is 1.87. The average Bonchev–Trinajstić information content (AvgIpc) is 2.68. The second-order valence-electron chi connectivity index (χ2n) is 5.97. The van der Waals surface area contributed by atoms with Crippen molar-refractivity contribution in [3.8, 4) is 6.07 Å². The van der Waals surface area contributed by atoms with Crippen molar-refractivity contribution >= 4 is 46.4 Å². The zero-order valence-electron chi connectivity index (χ0n) is 15.3. The molecule has 0 spiro atoms. The fraction of sp³-hybridized carbons (Fsp3) is 0.250. The van der Waals surface area contributed by atoms with E-state index in [9.17, 15) is 9.59 Å². The molecule has 0 aliphatic carbocycles. The number of nitrogens with one attached hydrogen (secondary N) is 2. The number of likely N-dealkylation sites (N-methyl/N-ethyl adjacent to an activating group) is 1. The molecule has 146 valence electrons. The Morgan fingerprint density at radius 1 is 1.04 bits per heavy atom. The van der Waals surface area contributed by atoms with Crippen molar-refractivity contribution < 1.29 is 9.59 Å². The van der Waals surface area contributed by atoms with Crippen LogP contribution >= 0.6 is 23.2 Å². The Labute approximate surface area is 174 Å². The largest absolute Gasteiger partial charge is 0.325 e. The van der Waals surface area contributed by atoms with Crippen molar-refractivity contribution in [3.63, 3.8) is 0 Å². The summed E-state index contributed by atoms with van der Waals surface area (Å²) in [7, 11) is 0. The first-order valence-electron chi connectivity index (χ1n) is 8.69. The van der Waals surface area contributed by atoms with E-state index in [4.69, 9.17) is 28.5 Å². The van der Waals surface area contributed by atoms with Gasteiger partial charge in [0, 0.05) is 13.0 Å². The van der Waals surface area contributed by atoms with E-state index in [0.29, 0.717) is 40.1 Å². The van der Waals surface area contributed by atoms with Crippen LogP contribution in [0, 0.1) is 11.3 Å². The van der Waals surface area contributed by atoms with E-state index < -0.39 is 0 Å². The summed E-state index contributed by atoms with van der Waals surface area (Å²) in [4.78, 5) is 26.3. The fourth-order valence-corrected chi connectivity index (χ4v) is 3.00. The minimum atomic E-state index is -0.271. The van der Waals surface area contributed by atoms with Crippen molar-refractivity contribution in [2.75, 3.05) is 30.3 Å². The first kappa shape index (κ1) is 21.7. The van der Waals surface area contributed by atoms with Gasteiger partial charge in [0.25, 0.3) is 0 Å². The monoisotopic (exact) mass is 418 g/mol. The van der Waals surface area contributed by atoms with Crippen LogP contribution in [-0.4, -0.2) is 36.3 Å². The van der Waals surface area contributed by atoms with Gasteiger partial charge in [0.05, 0.1) is 33.5 Å². The van der Waals surface area contributed by atoms with Crippen LogP contribution in [0.4, 0.5) is 11.4 Å². The SMILES string of the molecule is CCN(CCC(=O)Nc1ccccc1C#N)CC(=O)Nc1c(Cl)cccc1Cl. The van der Waals surface area contributed by atoms with Crippen LogP contribution in [0.3, 0.4) is 0 Å². The molecule has 0 fully saturated rings. The Kier molecular flexibility index (Phi) is 8.27. The molecule has 0 unspecified atom stereocenters. The molecule has 0 heterocycles. The molecule has 0 aromatic heterocycles. The maximum absolute atomic E-state index is 12.3. The van der Waals surface area contributed by atoms with Gasteiger partial charge in [-0.25, -0.2) is 0 Å². The number of rotatable bonds is 8. The lowest BCUT2D eigenvalue weighted by Gasteiger charge is -2.20. The third kappa shape index (κ3) is 6.24. The summed E-state index contributed by atoms with van der Waals surface area (Å²) in [5, 5.41) is 15.2. The number of hydrogen-bond acceptors (Lipinski definition) is 4. The van der Waals surface area contributed by atoms with Crippen molar-refractivity contribution in [1.82, 2.24) is 4.90 Å². The first-order valence-corrected chi connectivity index (χ1v) is 9.45. The molecule has 2 aromatic carbocycles. The molecule has 28 heavy (non-hydrogen) atoms. The summed E-state index contributed by atoms with van der Waals surface area (Å²) in [5.41, 5.74) is 1.25. The van der Waals surface area contributed by atoms with Gasteiger partial charge in [-0.2, -0.15) is 5.26 Å². The van der Waals surface area contributed by atoms with Crippen LogP contribution < -0.4 is 10.6 Å². The molecule has 0 aliphatic heterocycles. The molecule has 2 aromatic rings. The number of anilines is 2. The van der Waals surface area contributed by atoms with Crippen molar-refractivity contribution in [2.45, 2.75) is 13.3 Å². The van der Waals surface area contributed by atoms with Crippen LogP contribution in [0.1, 0.15) is 18.9 Å². The number of benzene rings is 2. The highest BCUT2D eigenvalue weighted by molar-refractivity contribution is 6.39. The van der Waals surface area contributed by atoms with Crippen LogP contribution in [0.2, 0.25) is 10.0 Å². The van der Waals surface area contributed by atoms with Gasteiger partial charge in [-0.1, -0.05) is 48.3 Å². The van der Waals surface area contributed by atoms with Crippen molar-refractivity contribution in [1.29, 1.82) is 5.26 Å². The lowest BCUT2D eigenvalue weighted by Crippen LogP contribution is -2.35. The van der Waals surface area contributed by atoms with E-state index in [0.717, 1.165) is 0 Å². The number of carbonyl (C=O) groups is 2. The molecule has 0 saturated carbocycles. The van der Waals surface area contributed by atoms with E-state index in [-0.39, 0.29) is 24.8 Å². The zero-order valence-corrected chi connectivity index (χ0v) is 16.8. The maximum Gasteiger partial charge on any atom is 0.238 e. The van der Waals surface area contributed by atoms with Gasteiger partial charge in [-0.3, -0.25) is 14.5 Å². The summed E-state index contributed by atoms with van der Waals surface area (Å²) in [5.74, 6) is -0.497. The van der Waals surface area contributed by atoms with E-state index in [1.54, 1.807) is 42.5 Å². The fourth-order valence-electron chi connectivity index (χ4n) is 2.51. The number of halogens is 2. The van der Waals surface area contributed by atoms with Gasteiger partial charge in [0.1, 0.15) is 6.07 Å². The molecule has 8 heteroatoms. The molecule has 2 amide bonds. The number of carbonyl (C=O) groups excluding carboxylic acids is 2. The summed E-state index contributed by atoms with van der Waals surface area (Å²) < 4.78 is 0. The third-order valence-electron chi connectivity index (χ3n) is 4.02. The average molecular weight is 419 g/mol. The lowest BCUT2D eigenvalue weighted by molar-refractivity contribution is -0.119. The third-order valence-corrected chi connectivity index (χ3v) is 4.65. The standard InChI is InChI=1S/C20H20Cl2N4O2/c1-2-26(13-19(28)25-20-15(21)7-5-8-16(20)22)11-10-18(27)24-17-9-4-3-6-14(17)12-23/h3-9H,2,10-11,13H2,1H3,(H,24,27)(H,25,28). The number of amides is 2. The molecule has 0 aliphatic rings. The maximum atomic E-state index is 12.3. The molecular weight excluding hydrogens is 399 g/mol. The number of para-hydroxylation sites is 2. The Morgan fingerprint density at radius 3 is 2.36 bits per heavy atom. The van der Waals surface area contributed by atoms with Crippen LogP contribution in [0.25, 0.3) is 0 Å². The van der Waals surface area contributed by atoms with E-state index in [2.05, 4.69) is 10.6 Å². The molecule has 2 N–H and O–H groups in total. The van der Waals surface area contributed by atoms with E-state index in [1.165, 1.54) is 0 Å². The zero-order chi connectivity index (χ0) is 20.5. The van der Waals surface area contributed by atoms with E-state index >= 15 is 0 Å². The minimum Gasteiger partial charge on any atom is -0.325 e. The summed E-state index contributed by atoms with van der Waals surface area (Å²) in [6.07, 6.45) is 0.188. The van der Waals surface area contributed by atoms with Gasteiger partial charge in [0.15, 0.2) is 0 Å². The van der Waals surface area contributed by atoms with Gasteiger partial charge >= 0.3 is 0 Å². The number of nitrogens with zero attached hydrogens (tertiary/aromatic N) is 2. The van der Waals surface area contributed by atoms with Gasteiger partial charge in [-0.05, 0) is 30.8 Å². The van der Waals surface area contributed by atoms with E-state index in [1.807, 2.05) is 17.9 Å². The Bertz CT molecular complexity index is 876. The summed E-state index contributed by atoms with van der Waals surface area (Å²) >= 11 is 12.1.